The lowest BCUT2D eigenvalue weighted by molar-refractivity contribution is -0.151. The molecule has 4 rings (SSSR count). The molecule has 0 bridgehead atoms. The molecule has 2 atom stereocenters. The normalized spacial score (nSPS) is 22.5. The fraction of sp³-hybridized carbons (Fsp3) is 0.556. The molecule has 1 aromatic carbocycles. The SMILES string of the molecule is CC1(C(=O)Nc2ccc3nc(SCC(O)NC4CCOC4)sc3c2)COC1. The highest BCUT2D eigenvalue weighted by Gasteiger charge is 2.41. The molecule has 0 aliphatic carbocycles. The molecule has 0 radical (unpaired) electrons. The molecule has 2 aromatic rings. The molecule has 2 fully saturated rings. The Morgan fingerprint density at radius 2 is 2.33 bits per heavy atom. The molecular formula is C18H23N3O4S2. The average Bonchev–Trinajstić information content (AvgIpc) is 3.26. The second kappa shape index (κ2) is 8.02. The highest BCUT2D eigenvalue weighted by molar-refractivity contribution is 8.01. The summed E-state index contributed by atoms with van der Waals surface area (Å²) in [6.45, 7) is 4.24. The molecular weight excluding hydrogens is 386 g/mol. The Bertz CT molecular complexity index is 818. The lowest BCUT2D eigenvalue weighted by atomic mass is 9.87. The van der Waals surface area contributed by atoms with Gasteiger partial charge in [-0.05, 0) is 31.5 Å². The maximum atomic E-state index is 12.3. The first-order chi connectivity index (χ1) is 13.0. The van der Waals surface area contributed by atoms with Crippen molar-refractivity contribution in [2.75, 3.05) is 37.5 Å². The van der Waals surface area contributed by atoms with Crippen molar-refractivity contribution in [1.29, 1.82) is 0 Å². The lowest BCUT2D eigenvalue weighted by Crippen LogP contribution is -2.49. The number of benzene rings is 1. The zero-order valence-electron chi connectivity index (χ0n) is 15.1. The van der Waals surface area contributed by atoms with Crippen molar-refractivity contribution < 1.29 is 19.4 Å². The van der Waals surface area contributed by atoms with Gasteiger partial charge in [0.15, 0.2) is 4.34 Å². The van der Waals surface area contributed by atoms with E-state index in [2.05, 4.69) is 15.6 Å². The van der Waals surface area contributed by atoms with Gasteiger partial charge < -0.3 is 19.9 Å². The van der Waals surface area contributed by atoms with E-state index in [-0.39, 0.29) is 11.9 Å². The van der Waals surface area contributed by atoms with Crippen LogP contribution >= 0.6 is 23.1 Å². The van der Waals surface area contributed by atoms with Crippen LogP contribution < -0.4 is 10.6 Å². The van der Waals surface area contributed by atoms with E-state index in [1.165, 1.54) is 11.8 Å². The number of hydrogen-bond donors (Lipinski definition) is 3. The molecule has 2 aliphatic heterocycles. The number of amides is 1. The number of nitrogens with zero attached hydrogens (tertiary/aromatic N) is 1. The van der Waals surface area contributed by atoms with Crippen LogP contribution in [0.25, 0.3) is 10.2 Å². The molecule has 3 heterocycles. The fourth-order valence-corrected chi connectivity index (χ4v) is 5.01. The highest BCUT2D eigenvalue weighted by Crippen LogP contribution is 2.33. The lowest BCUT2D eigenvalue weighted by Gasteiger charge is -2.36. The maximum Gasteiger partial charge on any atom is 0.234 e. The van der Waals surface area contributed by atoms with Gasteiger partial charge in [-0.15, -0.1) is 11.3 Å². The number of nitrogens with one attached hydrogen (secondary N) is 2. The molecule has 0 saturated carbocycles. The number of aliphatic hydroxyl groups is 1. The van der Waals surface area contributed by atoms with Crippen LogP contribution in [0.3, 0.4) is 0 Å². The Kier molecular flexibility index (Phi) is 5.68. The van der Waals surface area contributed by atoms with Gasteiger partial charge in [0.1, 0.15) is 6.23 Å². The second-order valence-electron chi connectivity index (χ2n) is 7.22. The number of carbonyl (C=O) groups excluding carboxylic acids is 1. The van der Waals surface area contributed by atoms with Gasteiger partial charge in [-0.1, -0.05) is 11.8 Å². The van der Waals surface area contributed by atoms with Gasteiger partial charge in [0.05, 0.1) is 35.5 Å². The summed E-state index contributed by atoms with van der Waals surface area (Å²) < 4.78 is 12.4. The van der Waals surface area contributed by atoms with E-state index in [9.17, 15) is 9.90 Å². The number of rotatable bonds is 7. The molecule has 1 aromatic heterocycles. The molecule has 3 N–H and O–H groups in total. The number of carbonyl (C=O) groups is 1. The van der Waals surface area contributed by atoms with E-state index in [0.717, 1.165) is 33.3 Å². The number of anilines is 1. The van der Waals surface area contributed by atoms with E-state index in [1.54, 1.807) is 11.3 Å². The van der Waals surface area contributed by atoms with Gasteiger partial charge in [-0.2, -0.15) is 0 Å². The third-order valence-corrected chi connectivity index (χ3v) is 6.98. The van der Waals surface area contributed by atoms with Crippen molar-refractivity contribution in [1.82, 2.24) is 10.3 Å². The van der Waals surface area contributed by atoms with Gasteiger partial charge in [0, 0.05) is 24.1 Å². The van der Waals surface area contributed by atoms with Crippen molar-refractivity contribution in [3.05, 3.63) is 18.2 Å². The van der Waals surface area contributed by atoms with E-state index in [0.29, 0.717) is 25.6 Å². The van der Waals surface area contributed by atoms with Gasteiger partial charge >= 0.3 is 0 Å². The average molecular weight is 410 g/mol. The van der Waals surface area contributed by atoms with Crippen molar-refractivity contribution in [2.24, 2.45) is 5.41 Å². The number of thioether (sulfide) groups is 1. The van der Waals surface area contributed by atoms with Gasteiger partial charge in [-0.25, -0.2) is 4.98 Å². The topological polar surface area (TPSA) is 92.7 Å². The summed E-state index contributed by atoms with van der Waals surface area (Å²) in [6, 6.07) is 5.95. The molecule has 7 nitrogen and oxygen atoms in total. The Labute approximate surface area is 165 Å². The second-order valence-corrected chi connectivity index (χ2v) is 9.52. The van der Waals surface area contributed by atoms with Crippen LogP contribution in [-0.4, -0.2) is 60.4 Å². The molecule has 146 valence electrons. The minimum Gasteiger partial charge on any atom is -0.380 e. The Morgan fingerprint density at radius 1 is 1.48 bits per heavy atom. The predicted octanol–water partition coefficient (Wildman–Crippen LogP) is 2.06. The monoisotopic (exact) mass is 409 g/mol. The standard InChI is InChI=1S/C18H23N3O4S2/c1-18(9-25-10-18)16(23)20-11-2-3-13-14(6-11)27-17(21-13)26-8-15(22)19-12-4-5-24-7-12/h2-3,6,12,15,19,22H,4-5,7-10H2,1H3,(H,20,23). The molecule has 1 amide bonds. The van der Waals surface area contributed by atoms with Crippen LogP contribution in [0.5, 0.6) is 0 Å². The van der Waals surface area contributed by atoms with Crippen LogP contribution in [-0.2, 0) is 14.3 Å². The Balaban J connectivity index is 1.35. The zero-order chi connectivity index (χ0) is 18.9. The van der Waals surface area contributed by atoms with Crippen LogP contribution in [0.1, 0.15) is 13.3 Å². The van der Waals surface area contributed by atoms with E-state index in [4.69, 9.17) is 9.47 Å². The number of ether oxygens (including phenoxy) is 2. The smallest absolute Gasteiger partial charge is 0.234 e. The Hall–Kier alpha value is -1.23. The molecule has 27 heavy (non-hydrogen) atoms. The third kappa shape index (κ3) is 4.44. The van der Waals surface area contributed by atoms with Crippen LogP contribution in [0.15, 0.2) is 22.5 Å². The summed E-state index contributed by atoms with van der Waals surface area (Å²) >= 11 is 3.09. The Morgan fingerprint density at radius 3 is 3.04 bits per heavy atom. The largest absolute Gasteiger partial charge is 0.380 e. The number of aliphatic hydroxyl groups excluding tert-OH is 1. The summed E-state index contributed by atoms with van der Waals surface area (Å²) in [5.41, 5.74) is 1.23. The van der Waals surface area contributed by atoms with Crippen LogP contribution in [0.2, 0.25) is 0 Å². The van der Waals surface area contributed by atoms with E-state index < -0.39 is 11.6 Å². The molecule has 2 saturated heterocycles. The number of fused-ring (bicyclic) bond motifs is 1. The first-order valence-corrected chi connectivity index (χ1v) is 10.8. The number of hydrogen-bond acceptors (Lipinski definition) is 8. The summed E-state index contributed by atoms with van der Waals surface area (Å²) in [5, 5.41) is 16.3. The molecule has 2 aliphatic rings. The van der Waals surface area contributed by atoms with Gasteiger partial charge in [0.25, 0.3) is 0 Å². The summed E-state index contributed by atoms with van der Waals surface area (Å²) in [6.07, 6.45) is 0.344. The zero-order valence-corrected chi connectivity index (χ0v) is 16.7. The molecule has 0 spiro atoms. The van der Waals surface area contributed by atoms with E-state index in [1.807, 2.05) is 25.1 Å². The maximum absolute atomic E-state index is 12.3. The van der Waals surface area contributed by atoms with Gasteiger partial charge in [-0.3, -0.25) is 10.1 Å². The summed E-state index contributed by atoms with van der Waals surface area (Å²) in [7, 11) is 0. The molecule has 2 unspecified atom stereocenters. The third-order valence-electron chi connectivity index (χ3n) is 4.74. The first-order valence-electron chi connectivity index (χ1n) is 8.96. The minimum absolute atomic E-state index is 0.0164. The number of aromatic nitrogens is 1. The predicted molar refractivity (Wildman–Crippen MR) is 106 cm³/mol. The highest BCUT2D eigenvalue weighted by atomic mass is 32.2. The van der Waals surface area contributed by atoms with Crippen molar-refractivity contribution in [2.45, 2.75) is 30.0 Å². The van der Waals surface area contributed by atoms with Gasteiger partial charge in [0.2, 0.25) is 5.91 Å². The number of thiazole rings is 1. The van der Waals surface area contributed by atoms with Crippen molar-refractivity contribution in [3.63, 3.8) is 0 Å². The van der Waals surface area contributed by atoms with E-state index >= 15 is 0 Å². The van der Waals surface area contributed by atoms with Crippen LogP contribution in [0.4, 0.5) is 5.69 Å². The van der Waals surface area contributed by atoms with Crippen molar-refractivity contribution in [3.8, 4) is 0 Å². The summed E-state index contributed by atoms with van der Waals surface area (Å²) in [4.78, 5) is 16.9. The first kappa shape index (κ1) is 19.1. The minimum atomic E-state index is -0.589. The van der Waals surface area contributed by atoms with Crippen molar-refractivity contribution >= 4 is 44.9 Å². The summed E-state index contributed by atoms with van der Waals surface area (Å²) in [5.74, 6) is 0.510. The fourth-order valence-electron chi connectivity index (χ4n) is 3.00. The molecule has 9 heteroatoms. The quantitative estimate of drug-likeness (QED) is 0.476. The van der Waals surface area contributed by atoms with Crippen LogP contribution in [0, 0.1) is 5.41 Å².